The Labute approximate surface area is 143 Å². The Kier molecular flexibility index (Phi) is 4.00. The van der Waals surface area contributed by atoms with Crippen molar-refractivity contribution in [2.75, 3.05) is 5.32 Å². The highest BCUT2D eigenvalue weighted by Crippen LogP contribution is 2.38. The van der Waals surface area contributed by atoms with Gasteiger partial charge in [-0.25, -0.2) is 17.5 Å². The number of nitrogens with zero attached hydrogens (tertiary/aromatic N) is 1. The smallest absolute Gasteiger partial charge is 0.306 e. The molecule has 0 saturated carbocycles. The monoisotopic (exact) mass is 370 g/mol. The van der Waals surface area contributed by atoms with E-state index in [-0.39, 0.29) is 27.2 Å². The van der Waals surface area contributed by atoms with E-state index in [2.05, 4.69) is 5.32 Å². The van der Waals surface area contributed by atoms with Crippen molar-refractivity contribution in [3.8, 4) is 0 Å². The predicted molar refractivity (Wildman–Crippen MR) is 89.4 cm³/mol. The highest BCUT2D eigenvalue weighted by molar-refractivity contribution is 7.90. The van der Waals surface area contributed by atoms with Crippen LogP contribution < -0.4 is 5.32 Å². The number of carbonyl (C=O) groups is 1. The predicted octanol–water partition coefficient (Wildman–Crippen LogP) is 4.04. The van der Waals surface area contributed by atoms with Crippen molar-refractivity contribution >= 4 is 44.9 Å². The van der Waals surface area contributed by atoms with Gasteiger partial charge in [0.1, 0.15) is 4.90 Å². The van der Waals surface area contributed by atoms with Gasteiger partial charge in [-0.3, -0.25) is 0 Å². The lowest BCUT2D eigenvalue weighted by molar-refractivity contribution is 0.233. The van der Waals surface area contributed by atoms with Crippen molar-refractivity contribution in [3.63, 3.8) is 0 Å². The van der Waals surface area contributed by atoms with E-state index < -0.39 is 16.1 Å². The number of nitrogens with one attached hydrogen (secondary N) is 1. The lowest BCUT2D eigenvalue weighted by Crippen LogP contribution is -2.43. The van der Waals surface area contributed by atoms with Gasteiger partial charge in [-0.1, -0.05) is 53.0 Å². The minimum atomic E-state index is -4.06. The number of anilines is 1. The summed E-state index contributed by atoms with van der Waals surface area (Å²) in [4.78, 5) is 12.1. The molecule has 0 aromatic heterocycles. The molecule has 0 atom stereocenters. The van der Waals surface area contributed by atoms with Crippen LogP contribution in [0.15, 0.2) is 41.3 Å². The zero-order chi connectivity index (χ0) is 16.8. The van der Waals surface area contributed by atoms with Gasteiger partial charge in [0, 0.05) is 5.02 Å². The summed E-state index contributed by atoms with van der Waals surface area (Å²) in [6.07, 6.45) is 0. The second kappa shape index (κ2) is 5.70. The third kappa shape index (κ3) is 2.89. The number of fused-ring (bicyclic) bond motifs is 1. The van der Waals surface area contributed by atoms with Crippen LogP contribution in [0.3, 0.4) is 0 Å². The first-order valence-electron chi connectivity index (χ1n) is 6.67. The number of halogens is 2. The van der Waals surface area contributed by atoms with Gasteiger partial charge in [0.15, 0.2) is 0 Å². The number of rotatable bonds is 2. The van der Waals surface area contributed by atoms with Crippen LogP contribution in [0.2, 0.25) is 10.0 Å². The second-order valence-corrected chi connectivity index (χ2v) is 7.84. The molecule has 0 spiro atoms. The average molecular weight is 371 g/mol. The minimum absolute atomic E-state index is 0.0262. The number of urea groups is 1. The van der Waals surface area contributed by atoms with E-state index in [9.17, 15) is 13.2 Å². The molecule has 1 aliphatic rings. The highest BCUT2D eigenvalue weighted by atomic mass is 35.5. The zero-order valence-corrected chi connectivity index (χ0v) is 14.3. The van der Waals surface area contributed by atoms with Crippen molar-refractivity contribution in [1.82, 2.24) is 4.31 Å². The molecule has 5 nitrogen and oxygen atoms in total. The Bertz CT molecular complexity index is 913. The standard InChI is InChI=1S/C15H12Cl2N2O3S/c1-9-3-2-4-10(5-9)8-19-15(20)18-13-7-11(16)6-12(17)14(13)23(19,21)22/h2-7H,8H2,1H3,(H,18,20). The first kappa shape index (κ1) is 16.1. The number of aryl methyl sites for hydroxylation is 1. The normalized spacial score (nSPS) is 16.0. The first-order chi connectivity index (χ1) is 10.8. The molecule has 2 aromatic rings. The van der Waals surface area contributed by atoms with Gasteiger partial charge in [0.25, 0.3) is 10.0 Å². The van der Waals surface area contributed by atoms with Crippen LogP contribution >= 0.6 is 23.2 Å². The summed E-state index contributed by atoms with van der Waals surface area (Å²) in [6, 6.07) is 9.24. The summed E-state index contributed by atoms with van der Waals surface area (Å²) in [5.41, 5.74) is 1.77. The summed E-state index contributed by atoms with van der Waals surface area (Å²) in [7, 11) is -4.06. The fourth-order valence-electron chi connectivity index (χ4n) is 2.45. The summed E-state index contributed by atoms with van der Waals surface area (Å²) in [5.74, 6) is 0. The molecule has 1 heterocycles. The number of hydrogen-bond donors (Lipinski definition) is 1. The molecule has 8 heteroatoms. The van der Waals surface area contributed by atoms with Crippen LogP contribution in [0, 0.1) is 6.92 Å². The van der Waals surface area contributed by atoms with Crippen molar-refractivity contribution in [2.45, 2.75) is 18.4 Å². The third-order valence-corrected chi connectivity index (χ3v) is 5.89. The van der Waals surface area contributed by atoms with Crippen LogP contribution in [0.1, 0.15) is 11.1 Å². The van der Waals surface area contributed by atoms with Gasteiger partial charge in [0.2, 0.25) is 0 Å². The largest absolute Gasteiger partial charge is 0.336 e. The molecule has 0 saturated heterocycles. The molecular weight excluding hydrogens is 359 g/mol. The second-order valence-electron chi connectivity index (χ2n) is 5.20. The summed E-state index contributed by atoms with van der Waals surface area (Å²) < 4.78 is 26.3. The number of sulfonamides is 1. The van der Waals surface area contributed by atoms with Crippen molar-refractivity contribution in [1.29, 1.82) is 0 Å². The number of carbonyl (C=O) groups excluding carboxylic acids is 1. The molecule has 23 heavy (non-hydrogen) atoms. The molecule has 1 aliphatic heterocycles. The molecule has 1 N–H and O–H groups in total. The molecule has 3 rings (SSSR count). The quantitative estimate of drug-likeness (QED) is 0.867. The summed E-state index contributed by atoms with van der Waals surface area (Å²) in [5, 5.41) is 2.74. The SMILES string of the molecule is Cc1cccc(CN2C(=O)Nc3cc(Cl)cc(Cl)c3S2(=O)=O)c1. The molecule has 0 radical (unpaired) electrons. The average Bonchev–Trinajstić information content (AvgIpc) is 2.42. The van der Waals surface area contributed by atoms with Crippen LogP contribution in [0.5, 0.6) is 0 Å². The maximum Gasteiger partial charge on any atom is 0.336 e. The molecule has 0 bridgehead atoms. The van der Waals surface area contributed by atoms with Crippen LogP contribution in [-0.4, -0.2) is 18.8 Å². The number of amides is 2. The van der Waals surface area contributed by atoms with Crippen LogP contribution in [0.25, 0.3) is 0 Å². The lowest BCUT2D eigenvalue weighted by Gasteiger charge is -2.29. The molecule has 0 fully saturated rings. The van der Waals surface area contributed by atoms with E-state index in [1.54, 1.807) is 12.1 Å². The van der Waals surface area contributed by atoms with Crippen molar-refractivity contribution in [2.24, 2.45) is 0 Å². The molecular formula is C15H12Cl2N2O3S. The highest BCUT2D eigenvalue weighted by Gasteiger charge is 2.38. The van der Waals surface area contributed by atoms with E-state index >= 15 is 0 Å². The molecule has 2 aromatic carbocycles. The van der Waals surface area contributed by atoms with E-state index in [0.717, 1.165) is 9.87 Å². The van der Waals surface area contributed by atoms with Gasteiger partial charge in [-0.05, 0) is 24.6 Å². The van der Waals surface area contributed by atoms with Gasteiger partial charge >= 0.3 is 6.03 Å². The minimum Gasteiger partial charge on any atom is -0.306 e. The van der Waals surface area contributed by atoms with Gasteiger partial charge in [-0.15, -0.1) is 0 Å². The Hall–Kier alpha value is -1.76. The molecule has 2 amide bonds. The van der Waals surface area contributed by atoms with Crippen LogP contribution in [0.4, 0.5) is 10.5 Å². The Morgan fingerprint density at radius 3 is 2.61 bits per heavy atom. The Balaban J connectivity index is 2.08. The lowest BCUT2D eigenvalue weighted by atomic mass is 10.1. The van der Waals surface area contributed by atoms with Crippen LogP contribution in [-0.2, 0) is 16.6 Å². The van der Waals surface area contributed by atoms with E-state index in [1.807, 2.05) is 19.1 Å². The van der Waals surface area contributed by atoms with Gasteiger partial charge in [0.05, 0.1) is 17.3 Å². The third-order valence-electron chi connectivity index (χ3n) is 3.43. The number of benzene rings is 2. The molecule has 0 aliphatic carbocycles. The topological polar surface area (TPSA) is 66.5 Å². The fourth-order valence-corrected chi connectivity index (χ4v) is 4.73. The van der Waals surface area contributed by atoms with Crippen molar-refractivity contribution in [3.05, 3.63) is 57.6 Å². The zero-order valence-electron chi connectivity index (χ0n) is 12.0. The van der Waals surface area contributed by atoms with Gasteiger partial charge in [-0.2, -0.15) is 0 Å². The summed E-state index contributed by atoms with van der Waals surface area (Å²) in [6.45, 7) is 1.82. The Morgan fingerprint density at radius 2 is 1.91 bits per heavy atom. The van der Waals surface area contributed by atoms with Gasteiger partial charge < -0.3 is 5.32 Å². The maximum atomic E-state index is 12.8. The van der Waals surface area contributed by atoms with Crippen molar-refractivity contribution < 1.29 is 13.2 Å². The first-order valence-corrected chi connectivity index (χ1v) is 8.87. The molecule has 120 valence electrons. The fraction of sp³-hybridized carbons (Fsp3) is 0.133. The number of hydrogen-bond acceptors (Lipinski definition) is 3. The van der Waals surface area contributed by atoms with E-state index in [4.69, 9.17) is 23.2 Å². The van der Waals surface area contributed by atoms with E-state index in [0.29, 0.717) is 5.56 Å². The maximum absolute atomic E-state index is 12.8. The Morgan fingerprint density at radius 1 is 1.17 bits per heavy atom. The summed E-state index contributed by atoms with van der Waals surface area (Å²) >= 11 is 11.9. The molecule has 0 unspecified atom stereocenters. The van der Waals surface area contributed by atoms with E-state index in [1.165, 1.54) is 12.1 Å².